The fraction of sp³-hybridized carbons (Fsp3) is 0.214. The van der Waals surface area contributed by atoms with Crippen molar-refractivity contribution in [2.24, 2.45) is 0 Å². The van der Waals surface area contributed by atoms with Crippen molar-refractivity contribution in [2.45, 2.75) is 19.3 Å². The molecular formula is C14H13N3O. The summed E-state index contributed by atoms with van der Waals surface area (Å²) in [5.41, 5.74) is 2.28. The lowest BCUT2D eigenvalue weighted by atomic mass is 10.1. The lowest BCUT2D eigenvalue weighted by Crippen LogP contribution is -2.10. The number of carbonyl (C=O) groups is 1. The van der Waals surface area contributed by atoms with E-state index in [4.69, 9.17) is 0 Å². The summed E-state index contributed by atoms with van der Waals surface area (Å²) >= 11 is 0. The number of rotatable bonds is 3. The Hall–Kier alpha value is -2.23. The van der Waals surface area contributed by atoms with E-state index < -0.39 is 0 Å². The minimum atomic E-state index is 0.0429. The van der Waals surface area contributed by atoms with Crippen LogP contribution in [0, 0.1) is 0 Å². The second kappa shape index (κ2) is 4.56. The van der Waals surface area contributed by atoms with Crippen molar-refractivity contribution in [3.05, 3.63) is 53.9 Å². The molecule has 0 bridgehead atoms. The third-order valence-corrected chi connectivity index (χ3v) is 3.12. The Labute approximate surface area is 105 Å². The number of hydrogen-bond donors (Lipinski definition) is 0. The smallest absolute Gasteiger partial charge is 0.208 e. The topological polar surface area (TPSA) is 47.8 Å². The molecule has 4 nitrogen and oxygen atoms in total. The molecule has 0 N–H and O–H groups in total. The lowest BCUT2D eigenvalue weighted by Gasteiger charge is -2.05. The van der Waals surface area contributed by atoms with Gasteiger partial charge in [0.25, 0.3) is 0 Å². The molecule has 0 saturated heterocycles. The molecule has 4 heteroatoms. The van der Waals surface area contributed by atoms with E-state index in [2.05, 4.69) is 10.3 Å². The molecule has 1 aromatic carbocycles. The molecule has 1 aliphatic carbocycles. The van der Waals surface area contributed by atoms with Crippen molar-refractivity contribution in [2.75, 3.05) is 0 Å². The number of hydrogen-bond acceptors (Lipinski definition) is 3. The first-order valence-electron chi connectivity index (χ1n) is 6.06. The third-order valence-electron chi connectivity index (χ3n) is 3.12. The number of allylic oxidation sites excluding steroid dienone is 2. The maximum absolute atomic E-state index is 12.3. The number of benzene rings is 1. The molecule has 3 rings (SSSR count). The van der Waals surface area contributed by atoms with Gasteiger partial charge in [0.1, 0.15) is 5.69 Å². The summed E-state index contributed by atoms with van der Waals surface area (Å²) < 4.78 is 1.60. The van der Waals surface area contributed by atoms with Crippen molar-refractivity contribution in [1.29, 1.82) is 0 Å². The number of para-hydroxylation sites is 1. The quantitative estimate of drug-likeness (QED) is 0.773. The van der Waals surface area contributed by atoms with Gasteiger partial charge in [0.05, 0.1) is 11.9 Å². The molecule has 0 saturated carbocycles. The summed E-state index contributed by atoms with van der Waals surface area (Å²) in [6.45, 7) is 0. The Morgan fingerprint density at radius 3 is 2.78 bits per heavy atom. The highest BCUT2D eigenvalue weighted by Gasteiger charge is 2.20. The van der Waals surface area contributed by atoms with Crippen molar-refractivity contribution < 1.29 is 4.79 Å². The zero-order valence-electron chi connectivity index (χ0n) is 9.91. The second-order valence-electron chi connectivity index (χ2n) is 4.32. The summed E-state index contributed by atoms with van der Waals surface area (Å²) in [6.07, 6.45) is 6.47. The van der Waals surface area contributed by atoms with Crippen LogP contribution in [0.3, 0.4) is 0 Å². The molecule has 0 fully saturated rings. The van der Waals surface area contributed by atoms with E-state index in [1.807, 2.05) is 36.4 Å². The molecule has 0 spiro atoms. The summed E-state index contributed by atoms with van der Waals surface area (Å²) in [6, 6.07) is 9.59. The first-order valence-corrected chi connectivity index (χ1v) is 6.06. The molecule has 1 aromatic heterocycles. The zero-order chi connectivity index (χ0) is 12.4. The number of ketones is 1. The Balaban J connectivity index is 1.99. The molecule has 0 aliphatic heterocycles. The molecular weight excluding hydrogens is 226 g/mol. The van der Waals surface area contributed by atoms with Crippen LogP contribution in [0.1, 0.15) is 29.8 Å². The maximum Gasteiger partial charge on any atom is 0.208 e. The molecule has 2 aromatic rings. The summed E-state index contributed by atoms with van der Waals surface area (Å²) in [7, 11) is 0. The normalized spacial score (nSPS) is 14.6. The second-order valence-corrected chi connectivity index (χ2v) is 4.32. The van der Waals surface area contributed by atoms with Crippen molar-refractivity contribution in [3.63, 3.8) is 0 Å². The van der Waals surface area contributed by atoms with Crippen LogP contribution < -0.4 is 0 Å². The van der Waals surface area contributed by atoms with E-state index in [0.717, 1.165) is 30.5 Å². The lowest BCUT2D eigenvalue weighted by molar-refractivity contribution is 0.102. The molecule has 0 atom stereocenters. The maximum atomic E-state index is 12.3. The largest absolute Gasteiger partial charge is 0.287 e. The Morgan fingerprint density at radius 1 is 1.22 bits per heavy atom. The van der Waals surface area contributed by atoms with Crippen molar-refractivity contribution in [3.8, 4) is 5.69 Å². The van der Waals surface area contributed by atoms with Crippen LogP contribution in [0.5, 0.6) is 0 Å². The highest BCUT2D eigenvalue weighted by atomic mass is 16.1. The van der Waals surface area contributed by atoms with Gasteiger partial charge in [0.2, 0.25) is 5.78 Å². The van der Waals surface area contributed by atoms with Crippen molar-refractivity contribution >= 4 is 5.78 Å². The molecule has 0 radical (unpaired) electrons. The van der Waals surface area contributed by atoms with Crippen LogP contribution >= 0.6 is 0 Å². The number of nitrogens with zero attached hydrogens (tertiary/aromatic N) is 3. The minimum absolute atomic E-state index is 0.0429. The van der Waals surface area contributed by atoms with Crippen LogP contribution in [0.25, 0.3) is 5.69 Å². The minimum Gasteiger partial charge on any atom is -0.287 e. The van der Waals surface area contributed by atoms with E-state index in [1.54, 1.807) is 4.68 Å². The Kier molecular flexibility index (Phi) is 2.76. The highest BCUT2D eigenvalue weighted by Crippen LogP contribution is 2.22. The van der Waals surface area contributed by atoms with Gasteiger partial charge in [0, 0.05) is 0 Å². The summed E-state index contributed by atoms with van der Waals surface area (Å²) in [5, 5.41) is 7.85. The first kappa shape index (κ1) is 10.9. The highest BCUT2D eigenvalue weighted by molar-refractivity contribution is 6.07. The summed E-state index contributed by atoms with van der Waals surface area (Å²) in [5.74, 6) is 0.0429. The van der Waals surface area contributed by atoms with Gasteiger partial charge in [-0.05, 0) is 37.0 Å². The Bertz CT molecular complexity index is 599. The van der Waals surface area contributed by atoms with Crippen LogP contribution in [0.15, 0.2) is 48.2 Å². The van der Waals surface area contributed by atoms with Crippen molar-refractivity contribution in [1.82, 2.24) is 15.0 Å². The zero-order valence-corrected chi connectivity index (χ0v) is 9.91. The van der Waals surface area contributed by atoms with Gasteiger partial charge < -0.3 is 0 Å². The molecule has 0 amide bonds. The number of aromatic nitrogens is 3. The van der Waals surface area contributed by atoms with Gasteiger partial charge in [-0.1, -0.05) is 29.5 Å². The monoisotopic (exact) mass is 239 g/mol. The van der Waals surface area contributed by atoms with E-state index in [-0.39, 0.29) is 5.78 Å². The standard InChI is InChI=1S/C14H13N3O/c18-14(11-6-4-5-7-11)13-10-15-16-17(13)12-8-2-1-3-9-12/h1-3,6,8-10H,4-5,7H2. The molecule has 1 heterocycles. The van der Waals surface area contributed by atoms with Gasteiger partial charge in [0.15, 0.2) is 0 Å². The van der Waals surface area contributed by atoms with E-state index in [1.165, 1.54) is 6.20 Å². The van der Waals surface area contributed by atoms with Crippen LogP contribution in [-0.2, 0) is 0 Å². The molecule has 18 heavy (non-hydrogen) atoms. The third kappa shape index (κ3) is 1.86. The number of carbonyl (C=O) groups excluding carboxylic acids is 1. The van der Waals surface area contributed by atoms with E-state index in [0.29, 0.717) is 5.69 Å². The SMILES string of the molecule is O=C(C1=CCCC1)c1cnnn1-c1ccccc1. The fourth-order valence-corrected chi connectivity index (χ4v) is 2.19. The van der Waals surface area contributed by atoms with Gasteiger partial charge in [-0.25, -0.2) is 4.68 Å². The molecule has 0 unspecified atom stereocenters. The van der Waals surface area contributed by atoms with Gasteiger partial charge in [-0.2, -0.15) is 0 Å². The van der Waals surface area contributed by atoms with Gasteiger partial charge in [-0.15, -0.1) is 5.10 Å². The number of Topliss-reactive ketones (excluding diaryl/α,β-unsaturated/α-hetero) is 1. The van der Waals surface area contributed by atoms with E-state index in [9.17, 15) is 4.79 Å². The average Bonchev–Trinajstić information content (AvgIpc) is 3.10. The van der Waals surface area contributed by atoms with Gasteiger partial charge >= 0.3 is 0 Å². The van der Waals surface area contributed by atoms with Gasteiger partial charge in [-0.3, -0.25) is 4.79 Å². The van der Waals surface area contributed by atoms with E-state index >= 15 is 0 Å². The fourth-order valence-electron chi connectivity index (χ4n) is 2.19. The van der Waals surface area contributed by atoms with Crippen LogP contribution in [-0.4, -0.2) is 20.8 Å². The molecule has 1 aliphatic rings. The summed E-state index contributed by atoms with van der Waals surface area (Å²) in [4.78, 5) is 12.3. The predicted molar refractivity (Wildman–Crippen MR) is 67.6 cm³/mol. The first-order chi connectivity index (χ1) is 8.86. The molecule has 90 valence electrons. The average molecular weight is 239 g/mol. The Morgan fingerprint density at radius 2 is 2.06 bits per heavy atom. The van der Waals surface area contributed by atoms with Crippen LogP contribution in [0.4, 0.5) is 0 Å². The predicted octanol–water partition coefficient (Wildman–Crippen LogP) is 2.56. The van der Waals surface area contributed by atoms with Crippen LogP contribution in [0.2, 0.25) is 0 Å².